The summed E-state index contributed by atoms with van der Waals surface area (Å²) in [5, 5.41) is 4.38. The van der Waals surface area contributed by atoms with Crippen LogP contribution in [-0.4, -0.2) is 20.6 Å². The SMILES string of the molecule is CC(=O)SCCC=Cc1ccn(C)n1. The normalized spacial score (nSPS) is 11.0. The van der Waals surface area contributed by atoms with Crippen LogP contribution < -0.4 is 0 Å². The summed E-state index contributed by atoms with van der Waals surface area (Å²) >= 11 is 1.36. The van der Waals surface area contributed by atoms with Crippen LogP contribution in [0.3, 0.4) is 0 Å². The monoisotopic (exact) mass is 210 g/mol. The number of hydrogen-bond acceptors (Lipinski definition) is 3. The van der Waals surface area contributed by atoms with Gasteiger partial charge in [0.1, 0.15) is 0 Å². The van der Waals surface area contributed by atoms with E-state index < -0.39 is 0 Å². The van der Waals surface area contributed by atoms with E-state index in [9.17, 15) is 4.79 Å². The molecule has 14 heavy (non-hydrogen) atoms. The molecule has 0 saturated carbocycles. The van der Waals surface area contributed by atoms with Crippen molar-refractivity contribution in [1.29, 1.82) is 0 Å². The van der Waals surface area contributed by atoms with Crippen LogP contribution in [0.4, 0.5) is 0 Å². The average molecular weight is 210 g/mol. The lowest BCUT2D eigenvalue weighted by Crippen LogP contribution is -1.87. The number of thioether (sulfide) groups is 1. The molecule has 4 heteroatoms. The first-order chi connectivity index (χ1) is 6.68. The maximum atomic E-state index is 10.6. The minimum Gasteiger partial charge on any atom is -0.288 e. The third kappa shape index (κ3) is 4.28. The maximum absolute atomic E-state index is 10.6. The Kier molecular flexibility index (Phi) is 4.46. The zero-order valence-corrected chi connectivity index (χ0v) is 9.25. The fourth-order valence-electron chi connectivity index (χ4n) is 0.997. The molecule has 0 fully saturated rings. The molecular formula is C10H14N2OS. The molecule has 0 radical (unpaired) electrons. The minimum atomic E-state index is 0.177. The Morgan fingerprint density at radius 1 is 1.71 bits per heavy atom. The topological polar surface area (TPSA) is 34.9 Å². The first-order valence-corrected chi connectivity index (χ1v) is 5.46. The van der Waals surface area contributed by atoms with Crippen molar-refractivity contribution >= 4 is 23.0 Å². The van der Waals surface area contributed by atoms with Gasteiger partial charge in [0.25, 0.3) is 0 Å². The van der Waals surface area contributed by atoms with Crippen LogP contribution in [0.1, 0.15) is 19.0 Å². The number of rotatable bonds is 4. The van der Waals surface area contributed by atoms with Gasteiger partial charge in [0.05, 0.1) is 5.69 Å². The van der Waals surface area contributed by atoms with Crippen molar-refractivity contribution in [2.45, 2.75) is 13.3 Å². The minimum absolute atomic E-state index is 0.177. The standard InChI is InChI=1S/C10H14N2OS/c1-9(13)14-8-4-3-5-10-6-7-12(2)11-10/h3,5-7H,4,8H2,1-2H3. The Labute approximate surface area is 88.2 Å². The molecule has 76 valence electrons. The highest BCUT2D eigenvalue weighted by Gasteiger charge is 1.92. The molecule has 1 rings (SSSR count). The number of allylic oxidation sites excluding steroid dienone is 1. The van der Waals surface area contributed by atoms with Gasteiger partial charge in [-0.1, -0.05) is 17.8 Å². The van der Waals surface area contributed by atoms with Crippen LogP contribution in [0.15, 0.2) is 18.3 Å². The van der Waals surface area contributed by atoms with Crippen LogP contribution in [0.5, 0.6) is 0 Å². The second kappa shape index (κ2) is 5.65. The van der Waals surface area contributed by atoms with E-state index in [1.165, 1.54) is 11.8 Å². The Balaban J connectivity index is 2.24. The lowest BCUT2D eigenvalue weighted by atomic mass is 10.3. The van der Waals surface area contributed by atoms with Crippen molar-refractivity contribution in [2.75, 3.05) is 5.75 Å². The lowest BCUT2D eigenvalue weighted by molar-refractivity contribution is -0.109. The van der Waals surface area contributed by atoms with Crippen molar-refractivity contribution in [3.63, 3.8) is 0 Å². The second-order valence-electron chi connectivity index (χ2n) is 2.95. The predicted molar refractivity (Wildman–Crippen MR) is 60.0 cm³/mol. The third-order valence-corrected chi connectivity index (χ3v) is 2.46. The second-order valence-corrected chi connectivity index (χ2v) is 4.22. The average Bonchev–Trinajstić information content (AvgIpc) is 2.50. The van der Waals surface area contributed by atoms with Crippen LogP contribution in [0.2, 0.25) is 0 Å². The first kappa shape index (κ1) is 11.0. The summed E-state index contributed by atoms with van der Waals surface area (Å²) in [6.07, 6.45) is 6.82. The summed E-state index contributed by atoms with van der Waals surface area (Å²) in [6.45, 7) is 1.59. The molecule has 3 nitrogen and oxygen atoms in total. The van der Waals surface area contributed by atoms with Crippen molar-refractivity contribution in [2.24, 2.45) is 7.05 Å². The summed E-state index contributed by atoms with van der Waals surface area (Å²) < 4.78 is 1.77. The molecule has 1 aromatic heterocycles. The molecule has 0 spiro atoms. The number of aromatic nitrogens is 2. The fourth-order valence-corrected chi connectivity index (χ4v) is 1.54. The Morgan fingerprint density at radius 2 is 2.50 bits per heavy atom. The molecule has 0 aromatic carbocycles. The van der Waals surface area contributed by atoms with E-state index in [1.807, 2.05) is 31.5 Å². The van der Waals surface area contributed by atoms with Gasteiger partial charge in [-0.3, -0.25) is 9.48 Å². The molecule has 0 unspecified atom stereocenters. The smallest absolute Gasteiger partial charge is 0.185 e. The van der Waals surface area contributed by atoms with E-state index in [0.29, 0.717) is 0 Å². The summed E-state index contributed by atoms with van der Waals surface area (Å²) in [5.41, 5.74) is 0.959. The molecule has 0 aliphatic heterocycles. The van der Waals surface area contributed by atoms with Crippen molar-refractivity contribution < 1.29 is 4.79 Å². The highest BCUT2D eigenvalue weighted by Crippen LogP contribution is 2.05. The van der Waals surface area contributed by atoms with Crippen LogP contribution >= 0.6 is 11.8 Å². The molecule has 0 atom stereocenters. The molecular weight excluding hydrogens is 196 g/mol. The van der Waals surface area contributed by atoms with Gasteiger partial charge in [-0.2, -0.15) is 5.10 Å². The van der Waals surface area contributed by atoms with Gasteiger partial charge in [0, 0.05) is 25.9 Å². The molecule has 1 aromatic rings. The van der Waals surface area contributed by atoms with Crippen molar-refractivity contribution in [3.05, 3.63) is 24.0 Å². The van der Waals surface area contributed by atoms with E-state index in [1.54, 1.807) is 11.6 Å². The zero-order chi connectivity index (χ0) is 10.4. The highest BCUT2D eigenvalue weighted by molar-refractivity contribution is 8.13. The predicted octanol–water partition coefficient (Wildman–Crippen LogP) is 2.10. The van der Waals surface area contributed by atoms with Gasteiger partial charge in [0.2, 0.25) is 0 Å². The summed E-state index contributed by atoms with van der Waals surface area (Å²) in [6, 6.07) is 1.95. The van der Waals surface area contributed by atoms with Gasteiger partial charge in [0.15, 0.2) is 5.12 Å². The van der Waals surface area contributed by atoms with Gasteiger partial charge in [-0.05, 0) is 18.6 Å². The largest absolute Gasteiger partial charge is 0.288 e. The van der Waals surface area contributed by atoms with Gasteiger partial charge in [-0.25, -0.2) is 0 Å². The third-order valence-electron chi connectivity index (χ3n) is 1.61. The Morgan fingerprint density at radius 3 is 3.07 bits per heavy atom. The molecule has 0 amide bonds. The lowest BCUT2D eigenvalue weighted by Gasteiger charge is -1.90. The highest BCUT2D eigenvalue weighted by atomic mass is 32.2. The summed E-state index contributed by atoms with van der Waals surface area (Å²) in [5.74, 6) is 0.846. The summed E-state index contributed by atoms with van der Waals surface area (Å²) in [7, 11) is 1.89. The van der Waals surface area contributed by atoms with E-state index >= 15 is 0 Å². The van der Waals surface area contributed by atoms with Crippen LogP contribution in [0.25, 0.3) is 6.08 Å². The van der Waals surface area contributed by atoms with E-state index in [-0.39, 0.29) is 5.12 Å². The zero-order valence-electron chi connectivity index (χ0n) is 8.43. The molecule has 0 N–H and O–H groups in total. The molecule has 0 saturated heterocycles. The van der Waals surface area contributed by atoms with Crippen molar-refractivity contribution in [3.8, 4) is 0 Å². The number of aryl methyl sites for hydroxylation is 1. The Hall–Kier alpha value is -1.03. The van der Waals surface area contributed by atoms with E-state index in [4.69, 9.17) is 0 Å². The van der Waals surface area contributed by atoms with Gasteiger partial charge in [-0.15, -0.1) is 0 Å². The number of hydrogen-bond donors (Lipinski definition) is 0. The fraction of sp³-hybridized carbons (Fsp3) is 0.400. The van der Waals surface area contributed by atoms with E-state index in [0.717, 1.165) is 17.9 Å². The summed E-state index contributed by atoms with van der Waals surface area (Å²) in [4.78, 5) is 10.6. The van der Waals surface area contributed by atoms with Gasteiger partial charge >= 0.3 is 0 Å². The number of carbonyl (C=O) groups is 1. The van der Waals surface area contributed by atoms with Crippen LogP contribution in [0, 0.1) is 0 Å². The maximum Gasteiger partial charge on any atom is 0.185 e. The molecule has 0 aliphatic rings. The number of nitrogens with zero attached hydrogens (tertiary/aromatic N) is 2. The van der Waals surface area contributed by atoms with Gasteiger partial charge < -0.3 is 0 Å². The Bertz CT molecular complexity index is 331. The molecule has 0 aliphatic carbocycles. The first-order valence-electron chi connectivity index (χ1n) is 4.48. The van der Waals surface area contributed by atoms with Crippen LogP contribution in [-0.2, 0) is 11.8 Å². The molecule has 0 bridgehead atoms. The quantitative estimate of drug-likeness (QED) is 0.714. The van der Waals surface area contributed by atoms with Crippen molar-refractivity contribution in [1.82, 2.24) is 9.78 Å². The van der Waals surface area contributed by atoms with E-state index in [2.05, 4.69) is 5.10 Å². The number of carbonyl (C=O) groups excluding carboxylic acids is 1. The molecule has 1 heterocycles.